The number of carbonyl (C=O) groups excluding carboxylic acids is 1. The number of nitrogens with one attached hydrogen (secondary N) is 1. The molecule has 116 valence electrons. The Morgan fingerprint density at radius 1 is 1.05 bits per heavy atom. The van der Waals surface area contributed by atoms with Gasteiger partial charge in [-0.1, -0.05) is 12.1 Å². The zero-order chi connectivity index (χ0) is 15.9. The number of halogens is 2. The lowest BCUT2D eigenvalue weighted by Gasteiger charge is -2.08. The first-order chi connectivity index (χ1) is 10.6. The molecule has 1 aromatic carbocycles. The zero-order valence-corrected chi connectivity index (χ0v) is 11.9. The average molecular weight is 306 g/mol. The van der Waals surface area contributed by atoms with Crippen molar-refractivity contribution in [3.8, 4) is 0 Å². The molecule has 6 heteroatoms. The summed E-state index contributed by atoms with van der Waals surface area (Å²) < 4.78 is 28.4. The summed E-state index contributed by atoms with van der Waals surface area (Å²) in [5, 5.41) is 2.48. The van der Waals surface area contributed by atoms with E-state index in [2.05, 4.69) is 5.32 Å². The molecule has 0 radical (unpaired) electrons. The second-order valence-electron chi connectivity index (χ2n) is 4.79. The van der Waals surface area contributed by atoms with Crippen LogP contribution >= 0.6 is 0 Å². The van der Waals surface area contributed by atoms with Crippen molar-refractivity contribution in [1.29, 1.82) is 0 Å². The van der Waals surface area contributed by atoms with E-state index in [1.807, 2.05) is 0 Å². The molecule has 0 saturated carbocycles. The van der Waals surface area contributed by atoms with Crippen LogP contribution in [0, 0.1) is 11.6 Å². The molecular weight excluding hydrogens is 290 g/mol. The van der Waals surface area contributed by atoms with Gasteiger partial charge in [-0.05, 0) is 31.0 Å². The molecule has 0 spiro atoms. The number of aromatic nitrogens is 1. The van der Waals surface area contributed by atoms with Crippen LogP contribution in [0.3, 0.4) is 0 Å². The van der Waals surface area contributed by atoms with E-state index in [1.54, 1.807) is 22.9 Å². The molecule has 1 N–H and O–H groups in total. The van der Waals surface area contributed by atoms with Gasteiger partial charge in [0.25, 0.3) is 5.91 Å². The predicted octanol–water partition coefficient (Wildman–Crippen LogP) is 2.34. The maximum Gasteiger partial charge on any atom is 0.257 e. The molecule has 0 bridgehead atoms. The fourth-order valence-corrected chi connectivity index (χ4v) is 2.06. The molecule has 4 nitrogen and oxygen atoms in total. The Labute approximate surface area is 126 Å². The smallest absolute Gasteiger partial charge is 0.257 e. The first-order valence-electron chi connectivity index (χ1n) is 6.97. The third kappa shape index (κ3) is 4.00. The number of aryl methyl sites for hydroxylation is 1. The minimum atomic E-state index is -0.881. The molecular formula is C16H16F2N2O2. The highest BCUT2D eigenvalue weighted by atomic mass is 19.1. The Hall–Kier alpha value is -2.50. The minimum absolute atomic E-state index is 0.0834. The zero-order valence-electron chi connectivity index (χ0n) is 11.9. The maximum atomic E-state index is 13.4. The Balaban J connectivity index is 1.78. The SMILES string of the molecule is O=C(NCCCCn1ccccc1=O)c1c(F)cccc1F. The first kappa shape index (κ1) is 15.9. The Morgan fingerprint density at radius 2 is 1.77 bits per heavy atom. The van der Waals surface area contributed by atoms with Gasteiger partial charge in [0.2, 0.25) is 5.56 Å². The predicted molar refractivity (Wildman–Crippen MR) is 78.6 cm³/mol. The lowest BCUT2D eigenvalue weighted by molar-refractivity contribution is 0.0944. The maximum absolute atomic E-state index is 13.4. The number of benzene rings is 1. The van der Waals surface area contributed by atoms with E-state index in [4.69, 9.17) is 0 Å². The third-order valence-electron chi connectivity index (χ3n) is 3.20. The van der Waals surface area contributed by atoms with Crippen LogP contribution in [0.15, 0.2) is 47.4 Å². The molecule has 22 heavy (non-hydrogen) atoms. The van der Waals surface area contributed by atoms with E-state index in [0.717, 1.165) is 12.1 Å². The van der Waals surface area contributed by atoms with Gasteiger partial charge in [-0.3, -0.25) is 9.59 Å². The summed E-state index contributed by atoms with van der Waals surface area (Å²) in [5.41, 5.74) is -0.651. The fourth-order valence-electron chi connectivity index (χ4n) is 2.06. The topological polar surface area (TPSA) is 51.1 Å². The van der Waals surface area contributed by atoms with E-state index in [9.17, 15) is 18.4 Å². The molecule has 0 unspecified atom stereocenters. The van der Waals surface area contributed by atoms with Crippen LogP contribution in [0.1, 0.15) is 23.2 Å². The molecule has 0 aliphatic carbocycles. The molecule has 0 fully saturated rings. The normalized spacial score (nSPS) is 10.5. The van der Waals surface area contributed by atoms with Crippen molar-refractivity contribution in [2.45, 2.75) is 19.4 Å². The van der Waals surface area contributed by atoms with Crippen LogP contribution in [0.4, 0.5) is 8.78 Å². The minimum Gasteiger partial charge on any atom is -0.352 e. The molecule has 0 aliphatic rings. The van der Waals surface area contributed by atoms with Gasteiger partial charge in [0.15, 0.2) is 0 Å². The first-order valence-corrected chi connectivity index (χ1v) is 6.97. The van der Waals surface area contributed by atoms with E-state index in [0.29, 0.717) is 19.4 Å². The number of nitrogens with zero attached hydrogens (tertiary/aromatic N) is 1. The van der Waals surface area contributed by atoms with Gasteiger partial charge in [0.05, 0.1) is 0 Å². The van der Waals surface area contributed by atoms with Gasteiger partial charge in [-0.25, -0.2) is 8.78 Å². The highest BCUT2D eigenvalue weighted by Gasteiger charge is 2.15. The quantitative estimate of drug-likeness (QED) is 0.833. The summed E-state index contributed by atoms with van der Waals surface area (Å²) in [6, 6.07) is 8.20. The van der Waals surface area contributed by atoms with Crippen molar-refractivity contribution in [2.24, 2.45) is 0 Å². The van der Waals surface area contributed by atoms with Crippen LogP contribution < -0.4 is 10.9 Å². The average Bonchev–Trinajstić information content (AvgIpc) is 2.48. The van der Waals surface area contributed by atoms with Crippen molar-refractivity contribution in [1.82, 2.24) is 9.88 Å². The number of hydrogen-bond donors (Lipinski definition) is 1. The highest BCUT2D eigenvalue weighted by molar-refractivity contribution is 5.94. The van der Waals surface area contributed by atoms with Crippen molar-refractivity contribution in [2.75, 3.05) is 6.54 Å². The Bertz CT molecular complexity index is 693. The Kier molecular flexibility index (Phi) is 5.41. The van der Waals surface area contributed by atoms with Crippen molar-refractivity contribution >= 4 is 5.91 Å². The largest absolute Gasteiger partial charge is 0.352 e. The number of unbranched alkanes of at least 4 members (excludes halogenated alkanes) is 1. The third-order valence-corrected chi connectivity index (χ3v) is 3.20. The fraction of sp³-hybridized carbons (Fsp3) is 0.250. The number of hydrogen-bond acceptors (Lipinski definition) is 2. The molecule has 2 rings (SSSR count). The van der Waals surface area contributed by atoms with Crippen molar-refractivity contribution in [3.63, 3.8) is 0 Å². The molecule has 0 saturated heterocycles. The van der Waals surface area contributed by atoms with Gasteiger partial charge in [0.1, 0.15) is 17.2 Å². The molecule has 0 atom stereocenters. The van der Waals surface area contributed by atoms with Crippen LogP contribution in [0.2, 0.25) is 0 Å². The second kappa shape index (κ2) is 7.49. The van der Waals surface area contributed by atoms with Gasteiger partial charge in [-0.2, -0.15) is 0 Å². The second-order valence-corrected chi connectivity index (χ2v) is 4.79. The molecule has 0 aliphatic heterocycles. The molecule has 2 aromatic rings. The molecule has 1 amide bonds. The van der Waals surface area contributed by atoms with E-state index in [1.165, 1.54) is 12.1 Å². The van der Waals surface area contributed by atoms with Crippen molar-refractivity contribution < 1.29 is 13.6 Å². The van der Waals surface area contributed by atoms with Gasteiger partial charge >= 0.3 is 0 Å². The summed E-state index contributed by atoms with van der Waals surface area (Å²) in [5.74, 6) is -2.53. The number of rotatable bonds is 6. The van der Waals surface area contributed by atoms with Crippen LogP contribution in [-0.2, 0) is 6.54 Å². The number of amides is 1. The summed E-state index contributed by atoms with van der Waals surface area (Å²) in [7, 11) is 0. The van der Waals surface area contributed by atoms with Crippen LogP contribution in [0.25, 0.3) is 0 Å². The van der Waals surface area contributed by atoms with Gasteiger partial charge < -0.3 is 9.88 Å². The van der Waals surface area contributed by atoms with Crippen LogP contribution in [-0.4, -0.2) is 17.0 Å². The lowest BCUT2D eigenvalue weighted by atomic mass is 10.2. The Morgan fingerprint density at radius 3 is 2.45 bits per heavy atom. The van der Waals surface area contributed by atoms with Gasteiger partial charge in [-0.15, -0.1) is 0 Å². The lowest BCUT2D eigenvalue weighted by Crippen LogP contribution is -2.27. The molecule has 1 aromatic heterocycles. The number of pyridine rings is 1. The highest BCUT2D eigenvalue weighted by Crippen LogP contribution is 2.11. The van der Waals surface area contributed by atoms with E-state index < -0.39 is 23.1 Å². The van der Waals surface area contributed by atoms with Crippen LogP contribution in [0.5, 0.6) is 0 Å². The van der Waals surface area contributed by atoms with Crippen molar-refractivity contribution in [3.05, 3.63) is 70.1 Å². The summed E-state index contributed by atoms with van der Waals surface area (Å²) in [6.07, 6.45) is 2.96. The number of carbonyl (C=O) groups is 1. The van der Waals surface area contributed by atoms with E-state index >= 15 is 0 Å². The summed E-state index contributed by atoms with van der Waals surface area (Å²) >= 11 is 0. The molecule has 1 heterocycles. The van der Waals surface area contributed by atoms with Gasteiger partial charge in [0, 0.05) is 25.4 Å². The summed E-state index contributed by atoms with van der Waals surface area (Å²) in [4.78, 5) is 23.2. The van der Waals surface area contributed by atoms with E-state index in [-0.39, 0.29) is 12.1 Å². The standard InChI is InChI=1S/C16H16F2N2O2/c17-12-6-5-7-13(18)15(12)16(22)19-9-2-4-11-20-10-3-1-8-14(20)21/h1,3,5-8,10H,2,4,9,11H2,(H,19,22). The monoisotopic (exact) mass is 306 g/mol. The summed E-state index contributed by atoms with van der Waals surface area (Å²) in [6.45, 7) is 0.817.